The van der Waals surface area contributed by atoms with Crippen molar-refractivity contribution in [3.8, 4) is 0 Å². The lowest BCUT2D eigenvalue weighted by Crippen LogP contribution is -2.45. The van der Waals surface area contributed by atoms with E-state index in [4.69, 9.17) is 16.3 Å². The molecule has 1 aromatic rings. The lowest BCUT2D eigenvalue weighted by molar-refractivity contribution is 0.0151. The predicted octanol–water partition coefficient (Wildman–Crippen LogP) is 4.29. The van der Waals surface area contributed by atoms with Crippen LogP contribution < -0.4 is 5.32 Å². The molecule has 0 spiro atoms. The minimum Gasteiger partial charge on any atom is -0.444 e. The van der Waals surface area contributed by atoms with Gasteiger partial charge in [-0.3, -0.25) is 0 Å². The van der Waals surface area contributed by atoms with Gasteiger partial charge in [0, 0.05) is 30.6 Å². The van der Waals surface area contributed by atoms with Crippen molar-refractivity contribution in [3.05, 3.63) is 34.9 Å². The van der Waals surface area contributed by atoms with E-state index >= 15 is 0 Å². The number of ether oxygens (including phenoxy) is 1. The summed E-state index contributed by atoms with van der Waals surface area (Å²) in [7, 11) is 1.96. The van der Waals surface area contributed by atoms with Crippen LogP contribution in [0.25, 0.3) is 0 Å². The van der Waals surface area contributed by atoms with Crippen LogP contribution in [-0.4, -0.2) is 43.3 Å². The van der Waals surface area contributed by atoms with Crippen LogP contribution in [0.1, 0.15) is 45.1 Å². The van der Waals surface area contributed by atoms with E-state index in [2.05, 4.69) is 11.4 Å². The van der Waals surface area contributed by atoms with Crippen molar-refractivity contribution >= 4 is 17.7 Å². The normalized spacial score (nSPS) is 19.9. The molecule has 24 heavy (non-hydrogen) atoms. The van der Waals surface area contributed by atoms with Gasteiger partial charge in [-0.1, -0.05) is 23.7 Å². The molecule has 4 nitrogen and oxygen atoms in total. The lowest BCUT2D eigenvalue weighted by Gasteiger charge is -2.38. The maximum Gasteiger partial charge on any atom is 0.410 e. The summed E-state index contributed by atoms with van der Waals surface area (Å²) in [6.07, 6.45) is 1.91. The third kappa shape index (κ3) is 5.38. The summed E-state index contributed by atoms with van der Waals surface area (Å²) in [5.41, 5.74) is 0.773. The van der Waals surface area contributed by atoms with Gasteiger partial charge in [-0.2, -0.15) is 0 Å². The van der Waals surface area contributed by atoms with Crippen LogP contribution >= 0.6 is 11.6 Å². The molecule has 1 saturated heterocycles. The molecule has 134 valence electrons. The molecule has 0 bridgehead atoms. The standard InChI is InChI=1S/C19H29ClN2O2/c1-19(2,3)24-18(23)22-10-6-8-15(13-22)17(12-21-4)14-7-5-9-16(20)11-14/h5,7,9,11,15,17,21H,6,8,10,12-13H2,1-4H3. The third-order valence-electron chi connectivity index (χ3n) is 4.38. The number of nitrogens with one attached hydrogen (secondary N) is 1. The maximum atomic E-state index is 12.4. The second-order valence-corrected chi connectivity index (χ2v) is 7.98. The fraction of sp³-hybridized carbons (Fsp3) is 0.632. The maximum absolute atomic E-state index is 12.4. The number of amides is 1. The number of likely N-dealkylation sites (N-methyl/N-ethyl adjacent to an activating group) is 1. The molecule has 1 heterocycles. The van der Waals surface area contributed by atoms with Gasteiger partial charge in [-0.15, -0.1) is 0 Å². The van der Waals surface area contributed by atoms with Crippen molar-refractivity contribution in [1.82, 2.24) is 10.2 Å². The van der Waals surface area contributed by atoms with Gasteiger partial charge in [0.25, 0.3) is 0 Å². The lowest BCUT2D eigenvalue weighted by atomic mass is 9.81. The summed E-state index contributed by atoms with van der Waals surface area (Å²) in [6, 6.07) is 8.06. The average Bonchev–Trinajstić information content (AvgIpc) is 2.51. The van der Waals surface area contributed by atoms with Crippen LogP contribution in [0.5, 0.6) is 0 Å². The Hall–Kier alpha value is -1.26. The van der Waals surface area contributed by atoms with E-state index < -0.39 is 5.60 Å². The van der Waals surface area contributed by atoms with Gasteiger partial charge < -0.3 is 15.0 Å². The van der Waals surface area contributed by atoms with Gasteiger partial charge in [0.05, 0.1) is 0 Å². The van der Waals surface area contributed by atoms with Crippen LogP contribution in [-0.2, 0) is 4.74 Å². The Labute approximate surface area is 150 Å². The molecular weight excluding hydrogens is 324 g/mol. The SMILES string of the molecule is CNCC(c1cccc(Cl)c1)C1CCCN(C(=O)OC(C)(C)C)C1. The molecule has 5 heteroatoms. The summed E-state index contributed by atoms with van der Waals surface area (Å²) in [5.74, 6) is 0.733. The Balaban J connectivity index is 2.11. The van der Waals surface area contributed by atoms with Gasteiger partial charge in [-0.25, -0.2) is 4.79 Å². The number of halogens is 1. The zero-order valence-corrected chi connectivity index (χ0v) is 15.9. The molecule has 0 aromatic heterocycles. The summed E-state index contributed by atoms with van der Waals surface area (Å²) < 4.78 is 5.54. The molecule has 1 aliphatic rings. The van der Waals surface area contributed by atoms with Crippen LogP contribution in [0.2, 0.25) is 5.02 Å². The first-order valence-corrected chi connectivity index (χ1v) is 9.06. The minimum atomic E-state index is -0.457. The van der Waals surface area contributed by atoms with E-state index in [1.165, 1.54) is 5.56 Å². The van der Waals surface area contributed by atoms with Crippen LogP contribution in [0.15, 0.2) is 24.3 Å². The average molecular weight is 353 g/mol. The molecule has 2 unspecified atom stereocenters. The molecule has 1 N–H and O–H groups in total. The summed E-state index contributed by atoms with van der Waals surface area (Å²) in [4.78, 5) is 14.3. The van der Waals surface area contributed by atoms with E-state index in [9.17, 15) is 4.79 Å². The monoisotopic (exact) mass is 352 g/mol. The molecular formula is C19H29ClN2O2. The molecule has 2 atom stereocenters. The summed E-state index contributed by atoms with van der Waals surface area (Å²) in [6.45, 7) is 8.08. The molecule has 1 amide bonds. The second kappa shape index (κ2) is 8.21. The first-order valence-electron chi connectivity index (χ1n) is 8.68. The summed E-state index contributed by atoms with van der Waals surface area (Å²) in [5, 5.41) is 4.05. The van der Waals surface area contributed by atoms with Crippen LogP contribution in [0, 0.1) is 5.92 Å². The largest absolute Gasteiger partial charge is 0.444 e. The van der Waals surface area contributed by atoms with E-state index in [0.29, 0.717) is 11.8 Å². The van der Waals surface area contributed by atoms with Crippen molar-refractivity contribution in [2.24, 2.45) is 5.92 Å². The quantitative estimate of drug-likeness (QED) is 0.878. The number of benzene rings is 1. The highest BCUT2D eigenvalue weighted by molar-refractivity contribution is 6.30. The fourth-order valence-electron chi connectivity index (χ4n) is 3.34. The Kier molecular flexibility index (Phi) is 6.53. The Bertz CT molecular complexity index is 557. The number of nitrogens with zero attached hydrogens (tertiary/aromatic N) is 1. The van der Waals surface area contributed by atoms with Crippen molar-refractivity contribution in [2.45, 2.75) is 45.1 Å². The Morgan fingerprint density at radius 1 is 1.46 bits per heavy atom. The van der Waals surface area contributed by atoms with Crippen molar-refractivity contribution in [3.63, 3.8) is 0 Å². The van der Waals surface area contributed by atoms with E-state index in [1.54, 1.807) is 0 Å². The predicted molar refractivity (Wildman–Crippen MR) is 98.7 cm³/mol. The zero-order valence-electron chi connectivity index (χ0n) is 15.1. The van der Waals surface area contributed by atoms with Gasteiger partial charge in [0.15, 0.2) is 0 Å². The van der Waals surface area contributed by atoms with E-state index in [-0.39, 0.29) is 6.09 Å². The number of rotatable bonds is 4. The molecule has 0 saturated carbocycles. The minimum absolute atomic E-state index is 0.207. The van der Waals surface area contributed by atoms with E-state index in [0.717, 1.165) is 37.5 Å². The van der Waals surface area contributed by atoms with Gasteiger partial charge in [0.1, 0.15) is 5.60 Å². The molecule has 1 fully saturated rings. The van der Waals surface area contributed by atoms with Gasteiger partial charge in [-0.05, 0) is 64.3 Å². The number of carbonyl (C=O) groups excluding carboxylic acids is 1. The second-order valence-electron chi connectivity index (χ2n) is 7.55. The molecule has 0 radical (unpaired) electrons. The first kappa shape index (κ1) is 19.1. The van der Waals surface area contributed by atoms with Crippen molar-refractivity contribution < 1.29 is 9.53 Å². The highest BCUT2D eigenvalue weighted by Gasteiger charge is 2.32. The Morgan fingerprint density at radius 3 is 2.83 bits per heavy atom. The highest BCUT2D eigenvalue weighted by atomic mass is 35.5. The zero-order chi connectivity index (χ0) is 17.7. The Morgan fingerprint density at radius 2 is 2.21 bits per heavy atom. The molecule has 2 rings (SSSR count). The van der Waals surface area contributed by atoms with Crippen LogP contribution in [0.4, 0.5) is 4.79 Å². The fourth-order valence-corrected chi connectivity index (χ4v) is 3.54. The van der Waals surface area contributed by atoms with Gasteiger partial charge >= 0.3 is 6.09 Å². The highest BCUT2D eigenvalue weighted by Crippen LogP contribution is 2.33. The number of hydrogen-bond donors (Lipinski definition) is 1. The number of piperidine rings is 1. The first-order chi connectivity index (χ1) is 11.3. The summed E-state index contributed by atoms with van der Waals surface area (Å²) >= 11 is 6.17. The smallest absolute Gasteiger partial charge is 0.410 e. The van der Waals surface area contributed by atoms with E-state index in [1.807, 2.05) is 50.9 Å². The number of carbonyl (C=O) groups is 1. The number of likely N-dealkylation sites (tertiary alicyclic amines) is 1. The molecule has 0 aliphatic carbocycles. The van der Waals surface area contributed by atoms with Crippen LogP contribution in [0.3, 0.4) is 0 Å². The molecule has 1 aromatic carbocycles. The van der Waals surface area contributed by atoms with Crippen molar-refractivity contribution in [2.75, 3.05) is 26.7 Å². The number of hydrogen-bond acceptors (Lipinski definition) is 3. The third-order valence-corrected chi connectivity index (χ3v) is 4.61. The topological polar surface area (TPSA) is 41.6 Å². The van der Waals surface area contributed by atoms with Crippen molar-refractivity contribution in [1.29, 1.82) is 0 Å². The molecule has 1 aliphatic heterocycles. The van der Waals surface area contributed by atoms with Gasteiger partial charge in [0.2, 0.25) is 0 Å².